The molecule has 3 rings (SSSR count). The largest absolute Gasteiger partial charge is 0.295 e. The lowest BCUT2D eigenvalue weighted by molar-refractivity contribution is -0.118. The summed E-state index contributed by atoms with van der Waals surface area (Å²) >= 11 is 0. The second-order valence-corrected chi connectivity index (χ2v) is 5.11. The van der Waals surface area contributed by atoms with Crippen molar-refractivity contribution in [3.63, 3.8) is 0 Å². The van der Waals surface area contributed by atoms with E-state index in [2.05, 4.69) is 6.92 Å². The number of rotatable bonds is 0. The lowest BCUT2D eigenvalue weighted by Crippen LogP contribution is -2.27. The minimum atomic E-state index is 0.393. The van der Waals surface area contributed by atoms with E-state index >= 15 is 0 Å². The van der Waals surface area contributed by atoms with E-state index in [0.29, 0.717) is 17.1 Å². The van der Waals surface area contributed by atoms with Crippen LogP contribution < -0.4 is 0 Å². The summed E-state index contributed by atoms with van der Waals surface area (Å²) in [5, 5.41) is 0. The molecule has 0 unspecified atom stereocenters. The summed E-state index contributed by atoms with van der Waals surface area (Å²) in [7, 11) is 0. The summed E-state index contributed by atoms with van der Waals surface area (Å²) in [5.41, 5.74) is 1.98. The first-order chi connectivity index (χ1) is 6.22. The smallest absolute Gasteiger partial charge is 0.158 e. The molecule has 0 aromatic carbocycles. The van der Waals surface area contributed by atoms with Crippen LogP contribution in [0, 0.1) is 17.3 Å². The molecule has 1 heteroatoms. The molecular weight excluding hydrogens is 160 g/mol. The second-order valence-electron chi connectivity index (χ2n) is 5.11. The van der Waals surface area contributed by atoms with Crippen LogP contribution in [0.15, 0.2) is 11.6 Å². The topological polar surface area (TPSA) is 17.1 Å². The Labute approximate surface area is 79.2 Å². The molecule has 3 aliphatic rings. The monoisotopic (exact) mass is 176 g/mol. The van der Waals surface area contributed by atoms with E-state index in [9.17, 15) is 4.79 Å². The molecule has 0 N–H and O–H groups in total. The van der Waals surface area contributed by atoms with Gasteiger partial charge >= 0.3 is 0 Å². The Bertz CT molecular complexity index is 302. The van der Waals surface area contributed by atoms with Crippen LogP contribution in [0.25, 0.3) is 0 Å². The first-order valence-electron chi connectivity index (χ1n) is 5.47. The van der Waals surface area contributed by atoms with Gasteiger partial charge in [-0.25, -0.2) is 0 Å². The lowest BCUT2D eigenvalue weighted by Gasteiger charge is -2.33. The van der Waals surface area contributed by atoms with E-state index < -0.39 is 0 Å². The molecule has 0 heterocycles. The van der Waals surface area contributed by atoms with E-state index in [1.54, 1.807) is 0 Å². The van der Waals surface area contributed by atoms with Gasteiger partial charge in [-0.3, -0.25) is 4.79 Å². The first-order valence-corrected chi connectivity index (χ1v) is 5.47. The van der Waals surface area contributed by atoms with Gasteiger partial charge in [0, 0.05) is 5.92 Å². The summed E-state index contributed by atoms with van der Waals surface area (Å²) in [6.07, 6.45) is 8.12. The molecule has 3 aliphatic carbocycles. The molecule has 1 nitrogen and oxygen atoms in total. The van der Waals surface area contributed by atoms with E-state index in [-0.39, 0.29) is 0 Å². The third-order valence-corrected chi connectivity index (χ3v) is 4.70. The molecule has 13 heavy (non-hydrogen) atoms. The Morgan fingerprint density at radius 1 is 1.46 bits per heavy atom. The van der Waals surface area contributed by atoms with E-state index in [1.807, 2.05) is 6.08 Å². The fraction of sp³-hybridized carbons (Fsp3) is 0.750. The molecule has 0 aromatic rings. The SMILES string of the molecule is C[C@@H]1CCC2=CC(=O)[C@H]3CC[C@@]21C3. The Kier molecular flexibility index (Phi) is 1.35. The summed E-state index contributed by atoms with van der Waals surface area (Å²) in [6.45, 7) is 2.37. The van der Waals surface area contributed by atoms with Gasteiger partial charge in [-0.05, 0) is 49.5 Å². The number of allylic oxidation sites excluding steroid dienone is 2. The molecule has 0 amide bonds. The Morgan fingerprint density at radius 2 is 2.31 bits per heavy atom. The highest BCUT2D eigenvalue weighted by atomic mass is 16.1. The van der Waals surface area contributed by atoms with Crippen molar-refractivity contribution in [2.24, 2.45) is 17.3 Å². The average Bonchev–Trinajstić information content (AvgIpc) is 2.64. The van der Waals surface area contributed by atoms with Crippen LogP contribution in [0.1, 0.15) is 39.0 Å². The van der Waals surface area contributed by atoms with Gasteiger partial charge in [0.1, 0.15) is 0 Å². The molecule has 0 saturated heterocycles. The Balaban J connectivity index is 2.12. The summed E-state index contributed by atoms with van der Waals surface area (Å²) < 4.78 is 0. The fourth-order valence-corrected chi connectivity index (χ4v) is 3.78. The lowest BCUT2D eigenvalue weighted by atomic mass is 9.71. The average molecular weight is 176 g/mol. The van der Waals surface area contributed by atoms with Crippen LogP contribution >= 0.6 is 0 Å². The Hall–Kier alpha value is -0.590. The van der Waals surface area contributed by atoms with Crippen molar-refractivity contribution in [1.29, 1.82) is 0 Å². The van der Waals surface area contributed by atoms with Gasteiger partial charge in [-0.15, -0.1) is 0 Å². The second kappa shape index (κ2) is 2.26. The minimum absolute atomic E-state index is 0.393. The van der Waals surface area contributed by atoms with E-state index in [1.165, 1.54) is 31.3 Å². The van der Waals surface area contributed by atoms with E-state index in [4.69, 9.17) is 0 Å². The number of carbonyl (C=O) groups is 1. The van der Waals surface area contributed by atoms with Crippen LogP contribution in [-0.2, 0) is 4.79 Å². The number of carbonyl (C=O) groups excluding carboxylic acids is 1. The zero-order valence-corrected chi connectivity index (χ0v) is 8.18. The van der Waals surface area contributed by atoms with Crippen LogP contribution in [0.4, 0.5) is 0 Å². The third kappa shape index (κ3) is 0.806. The summed E-state index contributed by atoms with van der Waals surface area (Å²) in [5.74, 6) is 1.65. The summed E-state index contributed by atoms with van der Waals surface area (Å²) in [4.78, 5) is 11.6. The molecule has 0 aromatic heterocycles. The predicted molar refractivity (Wildman–Crippen MR) is 51.3 cm³/mol. The Morgan fingerprint density at radius 3 is 3.15 bits per heavy atom. The predicted octanol–water partition coefficient (Wildman–Crippen LogP) is 2.71. The van der Waals surface area contributed by atoms with Crippen LogP contribution in [0.5, 0.6) is 0 Å². The van der Waals surface area contributed by atoms with Gasteiger partial charge in [-0.2, -0.15) is 0 Å². The maximum absolute atomic E-state index is 11.6. The number of hydrogen-bond acceptors (Lipinski definition) is 1. The van der Waals surface area contributed by atoms with Crippen molar-refractivity contribution in [1.82, 2.24) is 0 Å². The molecular formula is C12H16O. The van der Waals surface area contributed by atoms with Crippen molar-refractivity contribution >= 4 is 5.78 Å². The molecule has 2 saturated carbocycles. The quantitative estimate of drug-likeness (QED) is 0.554. The maximum Gasteiger partial charge on any atom is 0.158 e. The van der Waals surface area contributed by atoms with Crippen LogP contribution in [0.2, 0.25) is 0 Å². The van der Waals surface area contributed by atoms with Gasteiger partial charge in [0.2, 0.25) is 0 Å². The first kappa shape index (κ1) is 7.78. The number of ketones is 1. The van der Waals surface area contributed by atoms with Crippen molar-refractivity contribution in [2.75, 3.05) is 0 Å². The van der Waals surface area contributed by atoms with Crippen molar-refractivity contribution in [2.45, 2.75) is 39.0 Å². The van der Waals surface area contributed by atoms with Crippen molar-refractivity contribution < 1.29 is 4.79 Å². The molecule has 1 spiro atoms. The highest BCUT2D eigenvalue weighted by Crippen LogP contribution is 2.61. The zero-order chi connectivity index (χ0) is 9.05. The van der Waals surface area contributed by atoms with Gasteiger partial charge in [0.25, 0.3) is 0 Å². The molecule has 0 radical (unpaired) electrons. The highest BCUT2D eigenvalue weighted by molar-refractivity contribution is 5.94. The van der Waals surface area contributed by atoms with Gasteiger partial charge < -0.3 is 0 Å². The number of hydrogen-bond donors (Lipinski definition) is 0. The highest BCUT2D eigenvalue weighted by Gasteiger charge is 2.52. The normalized spacial score (nSPS) is 47.8. The maximum atomic E-state index is 11.6. The van der Waals surface area contributed by atoms with Crippen LogP contribution in [-0.4, -0.2) is 5.78 Å². The standard InChI is InChI=1S/C12H16O/c1-8-2-3-10-6-11(13)9-4-5-12(8,10)7-9/h6,8-9H,2-5,7H2,1H3/t8-,9+,12+/m1/s1. The minimum Gasteiger partial charge on any atom is -0.295 e. The van der Waals surface area contributed by atoms with Gasteiger partial charge in [0.15, 0.2) is 5.78 Å². The third-order valence-electron chi connectivity index (χ3n) is 4.70. The number of fused-ring (bicyclic) bond motifs is 1. The molecule has 70 valence electrons. The van der Waals surface area contributed by atoms with Gasteiger partial charge in [-0.1, -0.05) is 12.5 Å². The molecule has 0 aliphatic heterocycles. The molecule has 2 fully saturated rings. The molecule has 3 atom stereocenters. The van der Waals surface area contributed by atoms with Gasteiger partial charge in [0.05, 0.1) is 0 Å². The van der Waals surface area contributed by atoms with Crippen LogP contribution in [0.3, 0.4) is 0 Å². The van der Waals surface area contributed by atoms with Crippen molar-refractivity contribution in [3.8, 4) is 0 Å². The van der Waals surface area contributed by atoms with Crippen molar-refractivity contribution in [3.05, 3.63) is 11.6 Å². The summed E-state index contributed by atoms with van der Waals surface area (Å²) in [6, 6.07) is 0. The zero-order valence-electron chi connectivity index (χ0n) is 8.18. The molecule has 2 bridgehead atoms. The fourth-order valence-electron chi connectivity index (χ4n) is 3.78. The van der Waals surface area contributed by atoms with E-state index in [0.717, 1.165) is 12.3 Å².